The lowest BCUT2D eigenvalue weighted by atomic mass is 10.1. The molecule has 0 atom stereocenters. The standard InChI is InChI=1S/C20H18ClNO6/c1-24-12-6-7-13(14(21)10-12)19-22-15(20(23)28-19)9-11-5-8-16(25-2)18(27-4)17(11)26-3/h5-10H,1-4H3/b15-9-. The lowest BCUT2D eigenvalue weighted by Crippen LogP contribution is -2.06. The molecule has 0 aliphatic carbocycles. The summed E-state index contributed by atoms with van der Waals surface area (Å²) in [7, 11) is 6.07. The zero-order chi connectivity index (χ0) is 20.3. The number of halogens is 1. The van der Waals surface area contributed by atoms with Crippen molar-refractivity contribution in [1.82, 2.24) is 0 Å². The zero-order valence-corrected chi connectivity index (χ0v) is 16.5. The first-order valence-corrected chi connectivity index (χ1v) is 8.55. The van der Waals surface area contributed by atoms with Crippen molar-refractivity contribution < 1.29 is 28.5 Å². The van der Waals surface area contributed by atoms with Crippen LogP contribution in [0.25, 0.3) is 6.08 Å². The molecule has 0 unspecified atom stereocenters. The first-order valence-electron chi connectivity index (χ1n) is 8.17. The summed E-state index contributed by atoms with van der Waals surface area (Å²) < 4.78 is 26.4. The summed E-state index contributed by atoms with van der Waals surface area (Å²) in [6.07, 6.45) is 1.55. The molecule has 0 radical (unpaired) electrons. The molecule has 8 heteroatoms. The Morgan fingerprint density at radius 1 is 0.964 bits per heavy atom. The molecule has 1 aliphatic rings. The molecule has 0 saturated carbocycles. The van der Waals surface area contributed by atoms with Crippen LogP contribution in [0.5, 0.6) is 23.0 Å². The summed E-state index contributed by atoms with van der Waals surface area (Å²) in [4.78, 5) is 16.6. The van der Waals surface area contributed by atoms with Crippen LogP contribution < -0.4 is 18.9 Å². The first kappa shape index (κ1) is 19.6. The molecule has 2 aromatic carbocycles. The molecule has 28 heavy (non-hydrogen) atoms. The quantitative estimate of drug-likeness (QED) is 0.540. The van der Waals surface area contributed by atoms with E-state index in [1.165, 1.54) is 28.4 Å². The summed E-state index contributed by atoms with van der Waals surface area (Å²) in [5, 5.41) is 0.357. The highest BCUT2D eigenvalue weighted by Crippen LogP contribution is 2.41. The SMILES string of the molecule is COc1ccc(C2=N/C(=C\c3ccc(OC)c(OC)c3OC)C(=O)O2)c(Cl)c1. The van der Waals surface area contributed by atoms with E-state index in [0.29, 0.717) is 39.1 Å². The normalized spacial score (nSPS) is 14.5. The van der Waals surface area contributed by atoms with Crippen molar-refractivity contribution >= 4 is 29.5 Å². The molecule has 0 amide bonds. The summed E-state index contributed by atoms with van der Waals surface area (Å²) in [6.45, 7) is 0. The number of aliphatic imine (C=N–C) groups is 1. The fourth-order valence-electron chi connectivity index (χ4n) is 2.71. The Hall–Kier alpha value is -3.19. The van der Waals surface area contributed by atoms with Crippen LogP contribution >= 0.6 is 11.6 Å². The van der Waals surface area contributed by atoms with Gasteiger partial charge in [0.25, 0.3) is 0 Å². The number of nitrogens with zero attached hydrogens (tertiary/aromatic N) is 1. The van der Waals surface area contributed by atoms with E-state index in [1.807, 2.05) is 0 Å². The van der Waals surface area contributed by atoms with Crippen molar-refractivity contribution in [3.63, 3.8) is 0 Å². The molecule has 1 heterocycles. The predicted octanol–water partition coefficient (Wildman–Crippen LogP) is 3.72. The van der Waals surface area contributed by atoms with Gasteiger partial charge in [-0.1, -0.05) is 11.6 Å². The third-order valence-corrected chi connectivity index (χ3v) is 4.37. The summed E-state index contributed by atoms with van der Waals surface area (Å²) in [6, 6.07) is 8.43. The fraction of sp³-hybridized carbons (Fsp3) is 0.200. The Labute approximate surface area is 167 Å². The molecular weight excluding hydrogens is 386 g/mol. The van der Waals surface area contributed by atoms with Gasteiger partial charge in [-0.05, 0) is 36.4 Å². The molecule has 0 aromatic heterocycles. The van der Waals surface area contributed by atoms with Crippen molar-refractivity contribution in [2.24, 2.45) is 4.99 Å². The van der Waals surface area contributed by atoms with Crippen LogP contribution in [-0.2, 0) is 9.53 Å². The molecule has 2 aromatic rings. The van der Waals surface area contributed by atoms with Gasteiger partial charge in [0.1, 0.15) is 5.75 Å². The largest absolute Gasteiger partial charge is 0.497 e. The number of rotatable bonds is 6. The van der Waals surface area contributed by atoms with Crippen LogP contribution in [0.2, 0.25) is 5.02 Å². The second-order valence-corrected chi connectivity index (χ2v) is 6.01. The summed E-state index contributed by atoms with van der Waals surface area (Å²) in [5.74, 6) is 1.43. The van der Waals surface area contributed by atoms with Gasteiger partial charge in [-0.3, -0.25) is 0 Å². The van der Waals surface area contributed by atoms with Crippen LogP contribution in [0.15, 0.2) is 41.0 Å². The van der Waals surface area contributed by atoms with E-state index >= 15 is 0 Å². The molecule has 146 valence electrons. The third kappa shape index (κ3) is 3.61. The number of carbonyl (C=O) groups excluding carboxylic acids is 1. The van der Waals surface area contributed by atoms with Gasteiger partial charge in [0.2, 0.25) is 11.6 Å². The maximum absolute atomic E-state index is 12.3. The number of hydrogen-bond acceptors (Lipinski definition) is 7. The molecule has 1 aliphatic heterocycles. The van der Waals surface area contributed by atoms with Crippen molar-refractivity contribution in [2.45, 2.75) is 0 Å². The number of ether oxygens (including phenoxy) is 5. The smallest absolute Gasteiger partial charge is 0.363 e. The molecule has 0 bridgehead atoms. The highest BCUT2D eigenvalue weighted by molar-refractivity contribution is 6.34. The number of benzene rings is 2. The van der Waals surface area contributed by atoms with Gasteiger partial charge in [-0.2, -0.15) is 0 Å². The summed E-state index contributed by atoms with van der Waals surface area (Å²) >= 11 is 6.24. The van der Waals surface area contributed by atoms with E-state index < -0.39 is 5.97 Å². The van der Waals surface area contributed by atoms with Crippen LogP contribution in [0.3, 0.4) is 0 Å². The molecule has 0 N–H and O–H groups in total. The van der Waals surface area contributed by atoms with Crippen LogP contribution in [0, 0.1) is 0 Å². The number of esters is 1. The highest BCUT2D eigenvalue weighted by Gasteiger charge is 2.27. The van der Waals surface area contributed by atoms with Gasteiger partial charge < -0.3 is 23.7 Å². The molecule has 0 spiro atoms. The molecule has 7 nitrogen and oxygen atoms in total. The number of hydrogen-bond donors (Lipinski definition) is 0. The Morgan fingerprint density at radius 3 is 2.32 bits per heavy atom. The topological polar surface area (TPSA) is 75.6 Å². The Morgan fingerprint density at radius 2 is 1.71 bits per heavy atom. The van der Waals surface area contributed by atoms with Crippen LogP contribution in [0.4, 0.5) is 0 Å². The molecule has 0 fully saturated rings. The highest BCUT2D eigenvalue weighted by atomic mass is 35.5. The minimum Gasteiger partial charge on any atom is -0.497 e. The van der Waals surface area contributed by atoms with E-state index in [-0.39, 0.29) is 11.6 Å². The first-order chi connectivity index (χ1) is 13.5. The number of cyclic esters (lactones) is 1. The van der Waals surface area contributed by atoms with E-state index in [2.05, 4.69) is 4.99 Å². The lowest BCUT2D eigenvalue weighted by Gasteiger charge is -2.14. The van der Waals surface area contributed by atoms with Crippen molar-refractivity contribution in [3.8, 4) is 23.0 Å². The molecule has 0 saturated heterocycles. The van der Waals surface area contributed by atoms with Crippen LogP contribution in [0.1, 0.15) is 11.1 Å². The minimum absolute atomic E-state index is 0.104. The maximum Gasteiger partial charge on any atom is 0.363 e. The number of carbonyl (C=O) groups is 1. The van der Waals surface area contributed by atoms with E-state index in [4.69, 9.17) is 35.3 Å². The van der Waals surface area contributed by atoms with Crippen LogP contribution in [-0.4, -0.2) is 40.3 Å². The Kier molecular flexibility index (Phi) is 5.75. The maximum atomic E-state index is 12.3. The minimum atomic E-state index is -0.598. The van der Waals surface area contributed by atoms with Gasteiger partial charge in [0.05, 0.1) is 39.0 Å². The van der Waals surface area contributed by atoms with Gasteiger partial charge in [-0.25, -0.2) is 9.79 Å². The second-order valence-electron chi connectivity index (χ2n) is 5.61. The average Bonchev–Trinajstić information content (AvgIpc) is 3.07. The fourth-order valence-corrected chi connectivity index (χ4v) is 2.96. The van der Waals surface area contributed by atoms with E-state index in [1.54, 1.807) is 36.4 Å². The predicted molar refractivity (Wildman–Crippen MR) is 105 cm³/mol. The Balaban J connectivity index is 2.03. The van der Waals surface area contributed by atoms with Gasteiger partial charge in [-0.15, -0.1) is 0 Å². The second kappa shape index (κ2) is 8.22. The van der Waals surface area contributed by atoms with E-state index in [9.17, 15) is 4.79 Å². The van der Waals surface area contributed by atoms with Crippen molar-refractivity contribution in [3.05, 3.63) is 52.2 Å². The lowest BCUT2D eigenvalue weighted by molar-refractivity contribution is -0.129. The Bertz CT molecular complexity index is 983. The van der Waals surface area contributed by atoms with Gasteiger partial charge >= 0.3 is 5.97 Å². The monoisotopic (exact) mass is 403 g/mol. The third-order valence-electron chi connectivity index (χ3n) is 4.05. The molecule has 3 rings (SSSR count). The van der Waals surface area contributed by atoms with Crippen molar-refractivity contribution in [2.75, 3.05) is 28.4 Å². The summed E-state index contributed by atoms with van der Waals surface area (Å²) in [5.41, 5.74) is 1.17. The van der Waals surface area contributed by atoms with Crippen molar-refractivity contribution in [1.29, 1.82) is 0 Å². The van der Waals surface area contributed by atoms with E-state index in [0.717, 1.165) is 0 Å². The van der Waals surface area contributed by atoms with Gasteiger partial charge in [0.15, 0.2) is 17.2 Å². The molecular formula is C20H18ClNO6. The zero-order valence-electron chi connectivity index (χ0n) is 15.7. The van der Waals surface area contributed by atoms with Gasteiger partial charge in [0, 0.05) is 5.56 Å². The average molecular weight is 404 g/mol. The number of methoxy groups -OCH3 is 4.